The Bertz CT molecular complexity index is 1280. The fourth-order valence-corrected chi connectivity index (χ4v) is 3.99. The van der Waals surface area contributed by atoms with Gasteiger partial charge in [-0.05, 0) is 55.2 Å². The lowest BCUT2D eigenvalue weighted by Crippen LogP contribution is -2.30. The van der Waals surface area contributed by atoms with Crippen molar-refractivity contribution in [2.45, 2.75) is 33.4 Å². The molecule has 6 nitrogen and oxygen atoms in total. The molecule has 1 aliphatic rings. The molecule has 0 aromatic heterocycles. The smallest absolute Gasteiger partial charge is 0.329 e. The quantitative estimate of drug-likeness (QED) is 0.225. The van der Waals surface area contributed by atoms with Crippen LogP contribution in [0.1, 0.15) is 34.7 Å². The number of carbonyl (C=O) groups excluding carboxylic acids is 2. The lowest BCUT2D eigenvalue weighted by atomic mass is 10.0. The lowest BCUT2D eigenvalue weighted by molar-refractivity contribution is -0.123. The topological polar surface area (TPSA) is 67.9 Å². The minimum atomic E-state index is -0.440. The first-order chi connectivity index (χ1) is 17.5. The number of allylic oxidation sites excluding steroid dienone is 1. The average molecular weight is 483 g/mol. The molecule has 6 heteroatoms. The summed E-state index contributed by atoms with van der Waals surface area (Å²) >= 11 is 0. The third-order valence-corrected chi connectivity index (χ3v) is 5.78. The number of ether oxygens (including phenoxy) is 2. The molecular formula is C30H30N2O4. The van der Waals surface area contributed by atoms with E-state index in [0.29, 0.717) is 31.1 Å². The number of imide groups is 1. The predicted molar refractivity (Wildman–Crippen MR) is 141 cm³/mol. The molecule has 36 heavy (non-hydrogen) atoms. The average Bonchev–Trinajstić information content (AvgIpc) is 3.13. The molecule has 3 amide bonds. The zero-order valence-electron chi connectivity index (χ0n) is 20.6. The summed E-state index contributed by atoms with van der Waals surface area (Å²) in [6, 6.07) is 20.9. The van der Waals surface area contributed by atoms with Crippen molar-refractivity contribution in [2.75, 3.05) is 6.61 Å². The summed E-state index contributed by atoms with van der Waals surface area (Å²) in [4.78, 5) is 26.7. The second-order valence-corrected chi connectivity index (χ2v) is 8.57. The molecule has 3 aromatic carbocycles. The number of hydrogen-bond donors (Lipinski definition) is 1. The van der Waals surface area contributed by atoms with E-state index in [2.05, 4.69) is 24.0 Å². The van der Waals surface area contributed by atoms with Gasteiger partial charge in [-0.1, -0.05) is 66.2 Å². The monoisotopic (exact) mass is 482 g/mol. The van der Waals surface area contributed by atoms with Crippen LogP contribution < -0.4 is 14.8 Å². The van der Waals surface area contributed by atoms with Crippen LogP contribution in [0.3, 0.4) is 0 Å². The number of aryl methyl sites for hydroxylation is 1. The van der Waals surface area contributed by atoms with E-state index in [1.165, 1.54) is 10.5 Å². The van der Waals surface area contributed by atoms with Gasteiger partial charge in [-0.2, -0.15) is 0 Å². The molecule has 0 bridgehead atoms. The summed E-state index contributed by atoms with van der Waals surface area (Å²) in [6.45, 7) is 8.89. The molecule has 0 saturated carbocycles. The fourth-order valence-electron chi connectivity index (χ4n) is 3.99. The van der Waals surface area contributed by atoms with Crippen molar-refractivity contribution in [1.82, 2.24) is 10.2 Å². The number of benzene rings is 3. The van der Waals surface area contributed by atoms with Gasteiger partial charge < -0.3 is 14.8 Å². The maximum atomic E-state index is 13.0. The Morgan fingerprint density at radius 2 is 1.72 bits per heavy atom. The first kappa shape index (κ1) is 24.8. The van der Waals surface area contributed by atoms with E-state index < -0.39 is 6.03 Å². The van der Waals surface area contributed by atoms with E-state index in [9.17, 15) is 9.59 Å². The molecule has 1 aliphatic heterocycles. The van der Waals surface area contributed by atoms with Crippen LogP contribution in [-0.4, -0.2) is 23.4 Å². The first-order valence-electron chi connectivity index (χ1n) is 12.0. The van der Waals surface area contributed by atoms with Gasteiger partial charge in [-0.3, -0.25) is 9.69 Å². The third kappa shape index (κ3) is 5.84. The van der Waals surface area contributed by atoms with Crippen molar-refractivity contribution in [3.05, 3.63) is 113 Å². The number of nitrogens with one attached hydrogen (secondary N) is 1. The Balaban J connectivity index is 1.61. The van der Waals surface area contributed by atoms with Crippen LogP contribution in [0, 0.1) is 6.92 Å². The Morgan fingerprint density at radius 3 is 2.42 bits per heavy atom. The number of rotatable bonds is 10. The third-order valence-electron chi connectivity index (χ3n) is 5.78. The number of carbonyl (C=O) groups is 2. The summed E-state index contributed by atoms with van der Waals surface area (Å²) in [7, 11) is 0. The maximum absolute atomic E-state index is 13.0. The zero-order chi connectivity index (χ0) is 25.5. The molecule has 0 unspecified atom stereocenters. The molecule has 4 rings (SSSR count). The minimum Gasteiger partial charge on any atom is -0.490 e. The van der Waals surface area contributed by atoms with Gasteiger partial charge in [0.1, 0.15) is 12.3 Å². The highest BCUT2D eigenvalue weighted by Crippen LogP contribution is 2.35. The van der Waals surface area contributed by atoms with Crippen molar-refractivity contribution in [3.8, 4) is 11.5 Å². The molecule has 3 aromatic rings. The highest BCUT2D eigenvalue weighted by molar-refractivity contribution is 6.13. The van der Waals surface area contributed by atoms with Crippen LogP contribution in [0.5, 0.6) is 11.5 Å². The summed E-state index contributed by atoms with van der Waals surface area (Å²) in [5, 5.41) is 2.70. The van der Waals surface area contributed by atoms with Crippen molar-refractivity contribution in [3.63, 3.8) is 0 Å². The van der Waals surface area contributed by atoms with Crippen LogP contribution in [0.15, 0.2) is 85.1 Å². The van der Waals surface area contributed by atoms with E-state index in [4.69, 9.17) is 9.47 Å². The van der Waals surface area contributed by atoms with Gasteiger partial charge >= 0.3 is 6.03 Å². The summed E-state index contributed by atoms with van der Waals surface area (Å²) in [5.41, 5.74) is 4.95. The molecule has 0 spiro atoms. The largest absolute Gasteiger partial charge is 0.490 e. The van der Waals surface area contributed by atoms with Gasteiger partial charge in [0, 0.05) is 5.56 Å². The number of hydrogen-bond acceptors (Lipinski definition) is 4. The van der Waals surface area contributed by atoms with Gasteiger partial charge in [0.25, 0.3) is 5.91 Å². The van der Waals surface area contributed by atoms with Gasteiger partial charge in [0.05, 0.1) is 13.2 Å². The van der Waals surface area contributed by atoms with E-state index >= 15 is 0 Å². The molecule has 0 atom stereocenters. The maximum Gasteiger partial charge on any atom is 0.329 e. The highest BCUT2D eigenvalue weighted by Gasteiger charge is 2.33. The van der Waals surface area contributed by atoms with E-state index in [-0.39, 0.29) is 18.1 Å². The highest BCUT2D eigenvalue weighted by atomic mass is 16.5. The lowest BCUT2D eigenvalue weighted by Gasteiger charge is -2.17. The van der Waals surface area contributed by atoms with E-state index in [1.807, 2.05) is 68.4 Å². The normalized spacial score (nSPS) is 14.2. The summed E-state index contributed by atoms with van der Waals surface area (Å²) in [6.07, 6.45) is 4.02. The second kappa shape index (κ2) is 11.4. The second-order valence-electron chi connectivity index (χ2n) is 8.57. The molecule has 0 radical (unpaired) electrons. The molecule has 1 fully saturated rings. The Labute approximate surface area is 211 Å². The van der Waals surface area contributed by atoms with Crippen molar-refractivity contribution in [1.29, 1.82) is 0 Å². The summed E-state index contributed by atoms with van der Waals surface area (Å²) in [5.74, 6) is 0.854. The van der Waals surface area contributed by atoms with E-state index in [1.54, 1.807) is 12.2 Å². The van der Waals surface area contributed by atoms with Gasteiger partial charge in [-0.25, -0.2) is 4.79 Å². The minimum absolute atomic E-state index is 0.209. The van der Waals surface area contributed by atoms with Crippen LogP contribution in [-0.2, 0) is 24.4 Å². The van der Waals surface area contributed by atoms with Crippen molar-refractivity contribution >= 4 is 18.0 Å². The Hall–Kier alpha value is -4.32. The van der Waals surface area contributed by atoms with Gasteiger partial charge in [-0.15, -0.1) is 6.58 Å². The standard InChI is InChI=1S/C30H30N2O4/c1-4-9-25-16-24(17-26-29(33)32(30(34)31-26)19-22-10-7-6-8-11-22)18-27(35-5-2)28(25)36-20-23-14-12-21(3)13-15-23/h4,6-8,10-18H,1,5,9,19-20H2,2-3H3,(H,31,34)/b26-17+. The molecular weight excluding hydrogens is 452 g/mol. The predicted octanol–water partition coefficient (Wildman–Crippen LogP) is 5.79. The van der Waals surface area contributed by atoms with Gasteiger partial charge in [0.15, 0.2) is 11.5 Å². The number of urea groups is 1. The Kier molecular flexibility index (Phi) is 7.85. The van der Waals surface area contributed by atoms with Crippen LogP contribution >= 0.6 is 0 Å². The number of amides is 3. The molecule has 184 valence electrons. The van der Waals surface area contributed by atoms with Crippen LogP contribution in [0.25, 0.3) is 6.08 Å². The van der Waals surface area contributed by atoms with Crippen LogP contribution in [0.2, 0.25) is 0 Å². The van der Waals surface area contributed by atoms with Gasteiger partial charge in [0.2, 0.25) is 0 Å². The molecule has 0 aliphatic carbocycles. The van der Waals surface area contributed by atoms with Crippen LogP contribution in [0.4, 0.5) is 4.79 Å². The SMILES string of the molecule is C=CCc1cc(/C=C2/NC(=O)N(Cc3ccccc3)C2=O)cc(OCC)c1OCc1ccc(C)cc1. The number of nitrogens with zero attached hydrogens (tertiary/aromatic N) is 1. The molecule has 1 N–H and O–H groups in total. The van der Waals surface area contributed by atoms with E-state index in [0.717, 1.165) is 22.3 Å². The fraction of sp³-hybridized carbons (Fsp3) is 0.200. The zero-order valence-corrected chi connectivity index (χ0v) is 20.6. The molecule has 1 heterocycles. The molecule has 1 saturated heterocycles. The van der Waals surface area contributed by atoms with Crippen molar-refractivity contribution < 1.29 is 19.1 Å². The Morgan fingerprint density at radius 1 is 0.972 bits per heavy atom. The first-order valence-corrected chi connectivity index (χ1v) is 12.0. The van der Waals surface area contributed by atoms with Crippen molar-refractivity contribution in [2.24, 2.45) is 0 Å². The summed E-state index contributed by atoms with van der Waals surface area (Å²) < 4.78 is 12.1.